The second-order valence-electron chi connectivity index (χ2n) is 6.30. The van der Waals surface area contributed by atoms with Crippen LogP contribution in [0, 0.1) is 29.1 Å². The lowest BCUT2D eigenvalue weighted by Crippen LogP contribution is -2.24. The summed E-state index contributed by atoms with van der Waals surface area (Å²) in [6, 6.07) is 0. The number of ketones is 1. The predicted molar refractivity (Wildman–Crippen MR) is 60.4 cm³/mol. The number of hydrogen-bond acceptors (Lipinski definition) is 1. The lowest BCUT2D eigenvalue weighted by Gasteiger charge is -2.28. The molecule has 3 rings (SSSR count). The van der Waals surface area contributed by atoms with Crippen LogP contribution in [0.3, 0.4) is 0 Å². The Bertz CT molecular complexity index is 343. The smallest absolute Gasteiger partial charge is 0.136 e. The molecule has 0 radical (unpaired) electrons. The average Bonchev–Trinajstić information content (AvgIpc) is 2.68. The van der Waals surface area contributed by atoms with Gasteiger partial charge in [-0.2, -0.15) is 0 Å². The van der Waals surface area contributed by atoms with Crippen molar-refractivity contribution in [3.63, 3.8) is 0 Å². The van der Waals surface area contributed by atoms with Crippen LogP contribution in [-0.4, -0.2) is 5.78 Å². The van der Waals surface area contributed by atoms with Crippen LogP contribution in [0.15, 0.2) is 12.2 Å². The van der Waals surface area contributed by atoms with Crippen LogP contribution in [0.25, 0.3) is 0 Å². The Labute approximate surface area is 91.9 Å². The van der Waals surface area contributed by atoms with Crippen LogP contribution in [-0.2, 0) is 4.79 Å². The fourth-order valence-electron chi connectivity index (χ4n) is 4.86. The van der Waals surface area contributed by atoms with Gasteiger partial charge in [-0.25, -0.2) is 0 Å². The summed E-state index contributed by atoms with van der Waals surface area (Å²) in [5, 5.41) is 0. The molecular weight excluding hydrogens is 184 g/mol. The van der Waals surface area contributed by atoms with Crippen molar-refractivity contribution >= 4 is 5.78 Å². The number of carbonyl (C=O) groups excluding carboxylic acids is 1. The van der Waals surface area contributed by atoms with Gasteiger partial charge in [-0.05, 0) is 42.4 Å². The average molecular weight is 204 g/mol. The van der Waals surface area contributed by atoms with E-state index >= 15 is 0 Å². The van der Waals surface area contributed by atoms with Gasteiger partial charge in [0.05, 0.1) is 0 Å². The highest BCUT2D eigenvalue weighted by Gasteiger charge is 2.60. The van der Waals surface area contributed by atoms with Crippen molar-refractivity contribution < 1.29 is 4.79 Å². The fourth-order valence-corrected chi connectivity index (χ4v) is 4.86. The molecule has 0 aromatic heterocycles. The Balaban J connectivity index is 2.01. The van der Waals surface area contributed by atoms with Gasteiger partial charge in [0.2, 0.25) is 0 Å². The Kier molecular flexibility index (Phi) is 1.76. The molecule has 0 bridgehead atoms. The Hall–Kier alpha value is -0.590. The van der Waals surface area contributed by atoms with Crippen molar-refractivity contribution in [2.75, 3.05) is 0 Å². The third-order valence-corrected chi connectivity index (χ3v) is 5.36. The molecule has 3 saturated carbocycles. The van der Waals surface area contributed by atoms with Gasteiger partial charge in [0.1, 0.15) is 5.78 Å². The number of rotatable bonds is 0. The van der Waals surface area contributed by atoms with Crippen molar-refractivity contribution in [1.82, 2.24) is 0 Å². The highest BCUT2D eigenvalue weighted by Crippen LogP contribution is 2.65. The van der Waals surface area contributed by atoms with Gasteiger partial charge in [-0.3, -0.25) is 4.79 Å². The predicted octanol–water partition coefficient (Wildman–Crippen LogP) is 3.20. The van der Waals surface area contributed by atoms with Crippen LogP contribution >= 0.6 is 0 Å². The summed E-state index contributed by atoms with van der Waals surface area (Å²) in [6.45, 7) is 8.72. The van der Waals surface area contributed by atoms with Gasteiger partial charge in [0, 0.05) is 12.3 Å². The first kappa shape index (κ1) is 9.62. The second kappa shape index (κ2) is 2.75. The first-order chi connectivity index (χ1) is 7.03. The van der Waals surface area contributed by atoms with Crippen molar-refractivity contribution in [3.8, 4) is 0 Å². The molecule has 0 unspecified atom stereocenters. The topological polar surface area (TPSA) is 17.1 Å². The SMILES string of the molecule is C=C1CC[C@H]2C[C@]3(C)CC(=O)[C@@H](C)[C@@H]3[C@@H]12. The standard InChI is InChI=1S/C14H20O/c1-8-4-5-10-6-14(3)7-11(15)9(2)13(14)12(8)10/h9-10,12-13H,1,4-7H2,2-3H3/t9-,10+,12+,13-,14-/m1/s1. The van der Waals surface area contributed by atoms with Crippen molar-refractivity contribution in [2.45, 2.75) is 39.5 Å². The van der Waals surface area contributed by atoms with Crippen molar-refractivity contribution in [3.05, 3.63) is 12.2 Å². The maximum absolute atomic E-state index is 11.9. The molecule has 3 fully saturated rings. The minimum atomic E-state index is 0.292. The first-order valence-electron chi connectivity index (χ1n) is 6.23. The fraction of sp³-hybridized carbons (Fsp3) is 0.786. The van der Waals surface area contributed by atoms with Crippen molar-refractivity contribution in [1.29, 1.82) is 0 Å². The molecule has 0 saturated heterocycles. The summed E-state index contributed by atoms with van der Waals surface area (Å²) in [6.07, 6.45) is 4.65. The lowest BCUT2D eigenvalue weighted by molar-refractivity contribution is -0.121. The van der Waals surface area contributed by atoms with E-state index in [0.717, 1.165) is 12.3 Å². The van der Waals surface area contributed by atoms with E-state index in [1.54, 1.807) is 0 Å². The molecule has 1 heteroatoms. The zero-order valence-electron chi connectivity index (χ0n) is 9.75. The Morgan fingerprint density at radius 3 is 2.93 bits per heavy atom. The van der Waals surface area contributed by atoms with Gasteiger partial charge in [0.15, 0.2) is 0 Å². The van der Waals surface area contributed by atoms with Gasteiger partial charge in [0.25, 0.3) is 0 Å². The Morgan fingerprint density at radius 2 is 2.20 bits per heavy atom. The maximum Gasteiger partial charge on any atom is 0.136 e. The summed E-state index contributed by atoms with van der Waals surface area (Å²) < 4.78 is 0. The molecule has 0 spiro atoms. The van der Waals surface area contributed by atoms with Crippen LogP contribution < -0.4 is 0 Å². The van der Waals surface area contributed by atoms with Gasteiger partial charge in [-0.1, -0.05) is 26.0 Å². The van der Waals surface area contributed by atoms with E-state index in [1.165, 1.54) is 24.8 Å². The van der Waals surface area contributed by atoms with E-state index in [-0.39, 0.29) is 0 Å². The van der Waals surface area contributed by atoms with E-state index in [4.69, 9.17) is 0 Å². The first-order valence-corrected chi connectivity index (χ1v) is 6.23. The lowest BCUT2D eigenvalue weighted by atomic mass is 9.75. The summed E-state index contributed by atoms with van der Waals surface area (Å²) in [5.74, 6) is 2.94. The third-order valence-electron chi connectivity index (χ3n) is 5.36. The van der Waals surface area contributed by atoms with E-state index in [9.17, 15) is 4.79 Å². The number of hydrogen-bond donors (Lipinski definition) is 0. The number of carbonyl (C=O) groups is 1. The zero-order valence-corrected chi connectivity index (χ0v) is 9.75. The maximum atomic E-state index is 11.9. The molecular formula is C14H20O. The van der Waals surface area contributed by atoms with Gasteiger partial charge < -0.3 is 0 Å². The zero-order chi connectivity index (χ0) is 10.8. The van der Waals surface area contributed by atoms with Crippen LogP contribution in [0.4, 0.5) is 0 Å². The van der Waals surface area contributed by atoms with Crippen molar-refractivity contribution in [2.24, 2.45) is 29.1 Å². The van der Waals surface area contributed by atoms with Crippen LogP contribution in [0.5, 0.6) is 0 Å². The minimum absolute atomic E-state index is 0.292. The molecule has 0 N–H and O–H groups in total. The molecule has 1 nitrogen and oxygen atoms in total. The monoisotopic (exact) mass is 204 g/mol. The second-order valence-corrected chi connectivity index (χ2v) is 6.30. The van der Waals surface area contributed by atoms with Crippen LogP contribution in [0.2, 0.25) is 0 Å². The summed E-state index contributed by atoms with van der Waals surface area (Å²) >= 11 is 0. The van der Waals surface area contributed by atoms with E-state index < -0.39 is 0 Å². The molecule has 5 atom stereocenters. The molecule has 0 heterocycles. The van der Waals surface area contributed by atoms with Gasteiger partial charge in [-0.15, -0.1) is 0 Å². The van der Waals surface area contributed by atoms with E-state index in [0.29, 0.717) is 29.0 Å². The summed E-state index contributed by atoms with van der Waals surface area (Å²) in [5.41, 5.74) is 1.75. The number of allylic oxidation sites excluding steroid dienone is 1. The number of fused-ring (bicyclic) bond motifs is 3. The highest BCUT2D eigenvalue weighted by molar-refractivity contribution is 5.84. The van der Waals surface area contributed by atoms with E-state index in [1.807, 2.05) is 0 Å². The molecule has 3 aliphatic rings. The minimum Gasteiger partial charge on any atom is -0.299 e. The molecule has 15 heavy (non-hydrogen) atoms. The quantitative estimate of drug-likeness (QED) is 0.554. The third kappa shape index (κ3) is 1.07. The molecule has 0 amide bonds. The molecule has 3 aliphatic carbocycles. The summed E-state index contributed by atoms with van der Waals surface area (Å²) in [4.78, 5) is 11.9. The largest absolute Gasteiger partial charge is 0.299 e. The summed E-state index contributed by atoms with van der Waals surface area (Å²) in [7, 11) is 0. The molecule has 0 aromatic carbocycles. The number of Topliss-reactive ketones (excluding diaryl/α,β-unsaturated/α-hetero) is 1. The molecule has 0 aromatic rings. The van der Waals surface area contributed by atoms with E-state index in [2.05, 4.69) is 20.4 Å². The van der Waals surface area contributed by atoms with Crippen LogP contribution in [0.1, 0.15) is 39.5 Å². The van der Waals surface area contributed by atoms with Gasteiger partial charge >= 0.3 is 0 Å². The molecule has 0 aliphatic heterocycles. The Morgan fingerprint density at radius 1 is 1.47 bits per heavy atom. The normalized spacial score (nSPS) is 53.5. The molecule has 82 valence electrons. The highest BCUT2D eigenvalue weighted by atomic mass is 16.1.